The summed E-state index contributed by atoms with van der Waals surface area (Å²) in [5.41, 5.74) is 3.85. The molecule has 6 nitrogen and oxygen atoms in total. The molecule has 30 heavy (non-hydrogen) atoms. The van der Waals surface area contributed by atoms with E-state index in [9.17, 15) is 9.90 Å². The molecular weight excluding hydrogens is 378 g/mol. The molecule has 0 saturated heterocycles. The highest BCUT2D eigenvalue weighted by atomic mass is 16.5. The molecule has 0 spiro atoms. The number of Topliss-reactive ketones (excluding diaryl/α,β-unsaturated/α-hetero) is 1. The Balaban J connectivity index is 1.55. The van der Waals surface area contributed by atoms with Crippen molar-refractivity contribution in [2.45, 2.75) is 6.54 Å². The number of hydrogen-bond donors (Lipinski definition) is 1. The van der Waals surface area contributed by atoms with Crippen LogP contribution in [0, 0.1) is 0 Å². The molecule has 2 aromatic heterocycles. The Hall–Kier alpha value is -4.19. The summed E-state index contributed by atoms with van der Waals surface area (Å²) in [6.45, 7) is 0.597. The van der Waals surface area contributed by atoms with Crippen LogP contribution in [0.1, 0.15) is 21.5 Å². The highest BCUT2D eigenvalue weighted by Gasteiger charge is 2.28. The second kappa shape index (κ2) is 7.33. The number of fused-ring (bicyclic) bond motifs is 1. The lowest BCUT2D eigenvalue weighted by Gasteiger charge is -2.01. The number of ether oxygens (including phenoxy) is 1. The number of benzene rings is 2. The lowest BCUT2D eigenvalue weighted by atomic mass is 10.1. The van der Waals surface area contributed by atoms with Crippen LogP contribution in [0.15, 0.2) is 85.0 Å². The molecular formula is C24H17N3O3. The number of aromatic hydroxyl groups is 1. The van der Waals surface area contributed by atoms with Crippen molar-refractivity contribution in [3.05, 3.63) is 102 Å². The summed E-state index contributed by atoms with van der Waals surface area (Å²) >= 11 is 0. The van der Waals surface area contributed by atoms with Crippen LogP contribution in [0.3, 0.4) is 0 Å². The summed E-state index contributed by atoms with van der Waals surface area (Å²) in [5, 5.41) is 14.4. The second-order valence-corrected chi connectivity index (χ2v) is 6.98. The zero-order valence-corrected chi connectivity index (χ0v) is 15.9. The summed E-state index contributed by atoms with van der Waals surface area (Å²) in [6.07, 6.45) is 7.02. The Kier molecular flexibility index (Phi) is 4.37. The maximum absolute atomic E-state index is 12.7. The van der Waals surface area contributed by atoms with E-state index in [1.165, 1.54) is 12.1 Å². The Morgan fingerprint density at radius 1 is 1.07 bits per heavy atom. The minimum Gasteiger partial charge on any atom is -0.508 e. The number of carbonyl (C=O) groups is 1. The fraction of sp³-hybridized carbons (Fsp3) is 0.0417. The highest BCUT2D eigenvalue weighted by molar-refractivity contribution is 6.14. The minimum absolute atomic E-state index is 0.0505. The SMILES string of the molecule is O=C1/C(=C\c2cn(Cc3ccccc3)nc2-c2cccnc2)Oc2cc(O)ccc21. The average molecular weight is 395 g/mol. The molecule has 2 aromatic carbocycles. The molecule has 0 saturated carbocycles. The molecule has 6 heteroatoms. The van der Waals surface area contributed by atoms with Gasteiger partial charge in [-0.2, -0.15) is 5.10 Å². The number of phenolic OH excluding ortho intramolecular Hbond substituents is 1. The van der Waals surface area contributed by atoms with Gasteiger partial charge >= 0.3 is 0 Å². The van der Waals surface area contributed by atoms with Crippen molar-refractivity contribution < 1.29 is 14.6 Å². The summed E-state index contributed by atoms with van der Waals surface area (Å²) in [4.78, 5) is 16.9. The van der Waals surface area contributed by atoms with Gasteiger partial charge in [-0.15, -0.1) is 0 Å². The van der Waals surface area contributed by atoms with E-state index in [-0.39, 0.29) is 17.3 Å². The van der Waals surface area contributed by atoms with Crippen molar-refractivity contribution in [1.82, 2.24) is 14.8 Å². The standard InChI is InChI=1S/C24H17N3O3/c28-19-8-9-20-21(12-19)30-22(24(20)29)11-18-15-27(14-16-5-2-1-3-6-16)26-23(18)17-7-4-10-25-13-17/h1-13,15,28H,14H2/b22-11+. The number of aromatic nitrogens is 3. The molecule has 1 aliphatic rings. The molecule has 146 valence electrons. The van der Waals surface area contributed by atoms with E-state index in [1.807, 2.05) is 53.3 Å². The molecule has 0 radical (unpaired) electrons. The first-order valence-corrected chi connectivity index (χ1v) is 9.46. The minimum atomic E-state index is -0.224. The summed E-state index contributed by atoms with van der Waals surface area (Å²) in [6, 6.07) is 18.3. The predicted molar refractivity (Wildman–Crippen MR) is 112 cm³/mol. The maximum Gasteiger partial charge on any atom is 0.231 e. The molecule has 0 atom stereocenters. The Morgan fingerprint density at radius 3 is 2.73 bits per heavy atom. The van der Waals surface area contributed by atoms with E-state index in [0.717, 1.165) is 16.7 Å². The third kappa shape index (κ3) is 3.35. The van der Waals surface area contributed by atoms with Gasteiger partial charge in [0.15, 0.2) is 5.76 Å². The molecule has 0 fully saturated rings. The fourth-order valence-corrected chi connectivity index (χ4v) is 3.44. The number of nitrogens with zero attached hydrogens (tertiary/aromatic N) is 3. The van der Waals surface area contributed by atoms with E-state index in [4.69, 9.17) is 9.84 Å². The smallest absolute Gasteiger partial charge is 0.231 e. The van der Waals surface area contributed by atoms with Gasteiger partial charge < -0.3 is 9.84 Å². The van der Waals surface area contributed by atoms with Crippen molar-refractivity contribution >= 4 is 11.9 Å². The molecule has 0 bridgehead atoms. The molecule has 3 heterocycles. The number of carbonyl (C=O) groups excluding carboxylic acids is 1. The summed E-state index contributed by atoms with van der Waals surface area (Å²) in [7, 11) is 0. The topological polar surface area (TPSA) is 77.2 Å². The van der Waals surface area contributed by atoms with Crippen LogP contribution in [0.4, 0.5) is 0 Å². The third-order valence-electron chi connectivity index (χ3n) is 4.85. The van der Waals surface area contributed by atoms with Crippen molar-refractivity contribution in [1.29, 1.82) is 0 Å². The Bertz CT molecular complexity index is 1260. The molecule has 5 rings (SSSR count). The fourth-order valence-electron chi connectivity index (χ4n) is 3.44. The van der Waals surface area contributed by atoms with E-state index < -0.39 is 0 Å². The van der Waals surface area contributed by atoms with Crippen LogP contribution in [-0.2, 0) is 6.54 Å². The predicted octanol–water partition coefficient (Wildman–Crippen LogP) is 4.32. The average Bonchev–Trinajstić information content (AvgIpc) is 3.30. The number of phenols is 1. The lowest BCUT2D eigenvalue weighted by molar-refractivity contribution is 0.101. The van der Waals surface area contributed by atoms with Gasteiger partial charge in [-0.1, -0.05) is 30.3 Å². The largest absolute Gasteiger partial charge is 0.508 e. The van der Waals surface area contributed by atoms with Gasteiger partial charge in [0, 0.05) is 35.8 Å². The maximum atomic E-state index is 12.7. The van der Waals surface area contributed by atoms with E-state index in [0.29, 0.717) is 23.6 Å². The van der Waals surface area contributed by atoms with Crippen LogP contribution in [-0.4, -0.2) is 25.7 Å². The lowest BCUT2D eigenvalue weighted by Crippen LogP contribution is -2.00. The number of rotatable bonds is 4. The first-order valence-electron chi connectivity index (χ1n) is 9.46. The normalized spacial score (nSPS) is 14.0. The Morgan fingerprint density at radius 2 is 1.93 bits per heavy atom. The number of hydrogen-bond acceptors (Lipinski definition) is 5. The summed E-state index contributed by atoms with van der Waals surface area (Å²) in [5.74, 6) is 0.373. The molecule has 0 aliphatic carbocycles. The highest BCUT2D eigenvalue weighted by Crippen LogP contribution is 2.35. The molecule has 0 unspecified atom stereocenters. The van der Waals surface area contributed by atoms with Gasteiger partial charge in [0.25, 0.3) is 0 Å². The number of allylic oxidation sites excluding steroid dienone is 1. The van der Waals surface area contributed by atoms with Crippen LogP contribution in [0.25, 0.3) is 17.3 Å². The van der Waals surface area contributed by atoms with Crippen LogP contribution in [0.5, 0.6) is 11.5 Å². The zero-order chi connectivity index (χ0) is 20.5. The monoisotopic (exact) mass is 395 g/mol. The molecule has 0 amide bonds. The second-order valence-electron chi connectivity index (χ2n) is 6.98. The van der Waals surface area contributed by atoms with E-state index in [1.54, 1.807) is 24.5 Å². The van der Waals surface area contributed by atoms with Crippen molar-refractivity contribution in [2.24, 2.45) is 0 Å². The summed E-state index contributed by atoms with van der Waals surface area (Å²) < 4.78 is 7.56. The molecule has 4 aromatic rings. The van der Waals surface area contributed by atoms with Gasteiger partial charge in [-0.05, 0) is 35.9 Å². The van der Waals surface area contributed by atoms with Gasteiger partial charge in [0.1, 0.15) is 17.2 Å². The van der Waals surface area contributed by atoms with Crippen molar-refractivity contribution in [3.8, 4) is 22.8 Å². The molecule has 1 aliphatic heterocycles. The quantitative estimate of drug-likeness (QED) is 0.521. The third-order valence-corrected chi connectivity index (χ3v) is 4.85. The first-order chi connectivity index (χ1) is 14.7. The van der Waals surface area contributed by atoms with Crippen LogP contribution < -0.4 is 4.74 Å². The zero-order valence-electron chi connectivity index (χ0n) is 15.9. The number of ketones is 1. The van der Waals surface area contributed by atoms with Crippen LogP contribution in [0.2, 0.25) is 0 Å². The van der Waals surface area contributed by atoms with E-state index in [2.05, 4.69) is 4.98 Å². The van der Waals surface area contributed by atoms with E-state index >= 15 is 0 Å². The van der Waals surface area contributed by atoms with Gasteiger partial charge in [-0.25, -0.2) is 0 Å². The van der Waals surface area contributed by atoms with Gasteiger partial charge in [-0.3, -0.25) is 14.5 Å². The van der Waals surface area contributed by atoms with Crippen molar-refractivity contribution in [2.75, 3.05) is 0 Å². The van der Waals surface area contributed by atoms with Crippen LogP contribution >= 0.6 is 0 Å². The Labute approximate surface area is 172 Å². The van der Waals surface area contributed by atoms with Gasteiger partial charge in [0.2, 0.25) is 5.78 Å². The van der Waals surface area contributed by atoms with Crippen molar-refractivity contribution in [3.63, 3.8) is 0 Å². The number of pyridine rings is 1. The first kappa shape index (κ1) is 17.9. The van der Waals surface area contributed by atoms with Gasteiger partial charge in [0.05, 0.1) is 12.1 Å². The molecule has 1 N–H and O–H groups in total.